The fourth-order valence-electron chi connectivity index (χ4n) is 2.62. The summed E-state index contributed by atoms with van der Waals surface area (Å²) >= 11 is 1.33. The van der Waals surface area contributed by atoms with Gasteiger partial charge in [0.2, 0.25) is 5.91 Å². The molecule has 1 unspecified atom stereocenters. The van der Waals surface area contributed by atoms with Crippen molar-refractivity contribution in [3.63, 3.8) is 0 Å². The minimum Gasteiger partial charge on any atom is -0.342 e. The normalized spacial score (nSPS) is 18.3. The number of carbonyl (C=O) groups excluding carboxylic acids is 2. The number of hydrogen-bond donors (Lipinski definition) is 0. The summed E-state index contributed by atoms with van der Waals surface area (Å²) in [6.07, 6.45) is 2.55. The van der Waals surface area contributed by atoms with Gasteiger partial charge in [-0.3, -0.25) is 9.59 Å². The SMILES string of the molecule is CCc1ccc(CCN2CC(CSC(C)=O)CC2=O)cc1. The largest absolute Gasteiger partial charge is 0.342 e. The van der Waals surface area contributed by atoms with E-state index in [1.165, 1.54) is 22.9 Å². The monoisotopic (exact) mass is 305 g/mol. The lowest BCUT2D eigenvalue weighted by Gasteiger charge is -2.16. The number of rotatable bonds is 6. The first kappa shape index (κ1) is 16.1. The van der Waals surface area contributed by atoms with Gasteiger partial charge in [-0.25, -0.2) is 0 Å². The van der Waals surface area contributed by atoms with Gasteiger partial charge in [0.1, 0.15) is 0 Å². The van der Waals surface area contributed by atoms with Crippen molar-refractivity contribution in [1.29, 1.82) is 0 Å². The molecule has 3 nitrogen and oxygen atoms in total. The number of hydrogen-bond acceptors (Lipinski definition) is 3. The van der Waals surface area contributed by atoms with Crippen molar-refractivity contribution < 1.29 is 9.59 Å². The average Bonchev–Trinajstić information content (AvgIpc) is 2.84. The van der Waals surface area contributed by atoms with Crippen molar-refractivity contribution >= 4 is 22.8 Å². The molecule has 114 valence electrons. The molecule has 1 aliphatic rings. The summed E-state index contributed by atoms with van der Waals surface area (Å²) in [5.74, 6) is 1.33. The van der Waals surface area contributed by atoms with E-state index < -0.39 is 0 Å². The molecule has 1 aromatic carbocycles. The Balaban J connectivity index is 1.80. The molecule has 0 saturated carbocycles. The number of benzene rings is 1. The highest BCUT2D eigenvalue weighted by Gasteiger charge is 2.29. The maximum Gasteiger partial charge on any atom is 0.222 e. The van der Waals surface area contributed by atoms with Crippen molar-refractivity contribution in [3.8, 4) is 0 Å². The third-order valence-electron chi connectivity index (χ3n) is 3.92. The van der Waals surface area contributed by atoms with Gasteiger partial charge < -0.3 is 4.90 Å². The Bertz CT molecular complexity index is 498. The van der Waals surface area contributed by atoms with Gasteiger partial charge in [-0.1, -0.05) is 43.0 Å². The highest BCUT2D eigenvalue weighted by molar-refractivity contribution is 8.13. The Morgan fingerprint density at radius 2 is 1.95 bits per heavy atom. The molecular formula is C17H23NO2S. The summed E-state index contributed by atoms with van der Waals surface area (Å²) in [6.45, 7) is 5.31. The van der Waals surface area contributed by atoms with Gasteiger partial charge in [0.15, 0.2) is 5.12 Å². The molecule has 0 aromatic heterocycles. The van der Waals surface area contributed by atoms with Crippen LogP contribution in [0.2, 0.25) is 0 Å². The van der Waals surface area contributed by atoms with Crippen molar-refractivity contribution in [2.45, 2.75) is 33.1 Å². The summed E-state index contributed by atoms with van der Waals surface area (Å²) < 4.78 is 0. The van der Waals surface area contributed by atoms with E-state index in [1.54, 1.807) is 6.92 Å². The molecule has 1 amide bonds. The van der Waals surface area contributed by atoms with E-state index in [-0.39, 0.29) is 11.0 Å². The lowest BCUT2D eigenvalue weighted by atomic mass is 10.1. The third-order valence-corrected chi connectivity index (χ3v) is 4.96. The van der Waals surface area contributed by atoms with Crippen LogP contribution in [0.1, 0.15) is 31.4 Å². The molecule has 1 heterocycles. The number of aryl methyl sites for hydroxylation is 1. The van der Waals surface area contributed by atoms with Gasteiger partial charge in [-0.15, -0.1) is 0 Å². The highest BCUT2D eigenvalue weighted by Crippen LogP contribution is 2.22. The summed E-state index contributed by atoms with van der Waals surface area (Å²) in [7, 11) is 0. The molecule has 1 saturated heterocycles. The van der Waals surface area contributed by atoms with Gasteiger partial charge >= 0.3 is 0 Å². The Morgan fingerprint density at radius 3 is 2.57 bits per heavy atom. The van der Waals surface area contributed by atoms with E-state index in [0.717, 1.165) is 31.7 Å². The van der Waals surface area contributed by atoms with Gasteiger partial charge in [-0.05, 0) is 29.9 Å². The van der Waals surface area contributed by atoms with Crippen LogP contribution in [0.3, 0.4) is 0 Å². The highest BCUT2D eigenvalue weighted by atomic mass is 32.2. The van der Waals surface area contributed by atoms with E-state index in [0.29, 0.717) is 12.3 Å². The molecular weight excluding hydrogens is 282 g/mol. The lowest BCUT2D eigenvalue weighted by molar-refractivity contribution is -0.127. The second-order valence-electron chi connectivity index (χ2n) is 5.63. The molecule has 0 aliphatic carbocycles. The molecule has 21 heavy (non-hydrogen) atoms. The zero-order valence-corrected chi connectivity index (χ0v) is 13.6. The van der Waals surface area contributed by atoms with Gasteiger partial charge in [0.25, 0.3) is 0 Å². The zero-order valence-electron chi connectivity index (χ0n) is 12.8. The molecule has 1 fully saturated rings. The second kappa shape index (κ2) is 7.64. The molecule has 1 aliphatic heterocycles. The van der Waals surface area contributed by atoms with Crippen molar-refractivity contribution in [3.05, 3.63) is 35.4 Å². The average molecular weight is 305 g/mol. The number of amides is 1. The molecule has 0 N–H and O–H groups in total. The Kier molecular flexibility index (Phi) is 5.85. The standard InChI is InChI=1S/C17H23NO2S/c1-3-14-4-6-15(7-5-14)8-9-18-11-16(10-17(18)20)12-21-13(2)19/h4-7,16H,3,8-12H2,1-2H3. The fourth-order valence-corrected chi connectivity index (χ4v) is 3.32. The van der Waals surface area contributed by atoms with Gasteiger partial charge in [-0.2, -0.15) is 0 Å². The third kappa shape index (κ3) is 4.88. The maximum absolute atomic E-state index is 12.0. The number of nitrogens with zero attached hydrogens (tertiary/aromatic N) is 1. The molecule has 0 bridgehead atoms. The van der Waals surface area contributed by atoms with Crippen LogP contribution in [0, 0.1) is 5.92 Å². The Morgan fingerprint density at radius 1 is 1.29 bits per heavy atom. The smallest absolute Gasteiger partial charge is 0.222 e. The molecule has 1 aromatic rings. The molecule has 0 spiro atoms. The maximum atomic E-state index is 12.0. The van der Waals surface area contributed by atoms with Gasteiger partial charge in [0, 0.05) is 32.2 Å². The van der Waals surface area contributed by atoms with E-state index >= 15 is 0 Å². The van der Waals surface area contributed by atoms with E-state index in [9.17, 15) is 9.59 Å². The predicted octanol–water partition coefficient (Wildman–Crippen LogP) is 2.92. The summed E-state index contributed by atoms with van der Waals surface area (Å²) in [5.41, 5.74) is 2.62. The minimum absolute atomic E-state index is 0.136. The van der Waals surface area contributed by atoms with Crippen molar-refractivity contribution in [1.82, 2.24) is 4.90 Å². The summed E-state index contributed by atoms with van der Waals surface area (Å²) in [6, 6.07) is 8.63. The van der Waals surface area contributed by atoms with Crippen LogP contribution in [-0.4, -0.2) is 34.8 Å². The van der Waals surface area contributed by atoms with Crippen LogP contribution in [0.4, 0.5) is 0 Å². The van der Waals surface area contributed by atoms with E-state index in [2.05, 4.69) is 31.2 Å². The first-order valence-electron chi connectivity index (χ1n) is 7.57. The topological polar surface area (TPSA) is 37.4 Å². The predicted molar refractivity (Wildman–Crippen MR) is 87.4 cm³/mol. The van der Waals surface area contributed by atoms with Crippen LogP contribution in [0.15, 0.2) is 24.3 Å². The number of thioether (sulfide) groups is 1. The minimum atomic E-state index is 0.136. The quantitative estimate of drug-likeness (QED) is 0.811. The number of likely N-dealkylation sites (tertiary alicyclic amines) is 1. The fraction of sp³-hybridized carbons (Fsp3) is 0.529. The molecule has 4 heteroatoms. The second-order valence-corrected chi connectivity index (χ2v) is 6.83. The summed E-state index contributed by atoms with van der Waals surface area (Å²) in [4.78, 5) is 24.9. The summed E-state index contributed by atoms with van der Waals surface area (Å²) in [5, 5.41) is 0.136. The number of carbonyl (C=O) groups is 2. The molecule has 0 radical (unpaired) electrons. The van der Waals surface area contributed by atoms with Crippen LogP contribution < -0.4 is 0 Å². The Hall–Kier alpha value is -1.29. The van der Waals surface area contributed by atoms with Crippen molar-refractivity contribution in [2.24, 2.45) is 5.92 Å². The zero-order chi connectivity index (χ0) is 15.2. The first-order chi connectivity index (χ1) is 10.1. The van der Waals surface area contributed by atoms with Gasteiger partial charge in [0.05, 0.1) is 0 Å². The molecule has 1 atom stereocenters. The van der Waals surface area contributed by atoms with E-state index in [4.69, 9.17) is 0 Å². The van der Waals surface area contributed by atoms with E-state index in [1.807, 2.05) is 4.90 Å². The van der Waals surface area contributed by atoms with Crippen LogP contribution in [0.25, 0.3) is 0 Å². The van der Waals surface area contributed by atoms with Crippen LogP contribution >= 0.6 is 11.8 Å². The molecule has 2 rings (SSSR count). The Labute approximate surface area is 131 Å². The lowest BCUT2D eigenvalue weighted by Crippen LogP contribution is -2.27. The first-order valence-corrected chi connectivity index (χ1v) is 8.56. The van der Waals surface area contributed by atoms with Crippen LogP contribution in [0.5, 0.6) is 0 Å². The van der Waals surface area contributed by atoms with Crippen LogP contribution in [-0.2, 0) is 22.4 Å². The van der Waals surface area contributed by atoms with Crippen molar-refractivity contribution in [2.75, 3.05) is 18.8 Å².